The Bertz CT molecular complexity index is 296. The molecular formula is C12H23N3O2. The van der Waals surface area contributed by atoms with E-state index in [1.165, 1.54) is 9.80 Å². The summed E-state index contributed by atoms with van der Waals surface area (Å²) in [6.45, 7) is 3.80. The van der Waals surface area contributed by atoms with Gasteiger partial charge in [0.1, 0.15) is 0 Å². The Labute approximate surface area is 103 Å². The van der Waals surface area contributed by atoms with E-state index in [1.807, 2.05) is 6.92 Å². The van der Waals surface area contributed by atoms with Gasteiger partial charge in [-0.15, -0.1) is 0 Å². The number of carbonyl (C=O) groups is 2. The zero-order valence-corrected chi connectivity index (χ0v) is 11.2. The highest BCUT2D eigenvalue weighted by Crippen LogP contribution is 2.27. The summed E-state index contributed by atoms with van der Waals surface area (Å²) >= 11 is 0. The molecule has 17 heavy (non-hydrogen) atoms. The third-order valence-electron chi connectivity index (χ3n) is 3.33. The summed E-state index contributed by atoms with van der Waals surface area (Å²) < 4.78 is 0. The molecule has 1 saturated heterocycles. The Morgan fingerprint density at radius 2 is 1.94 bits per heavy atom. The van der Waals surface area contributed by atoms with Crippen molar-refractivity contribution >= 4 is 11.8 Å². The molecule has 0 saturated carbocycles. The van der Waals surface area contributed by atoms with Crippen LogP contribution >= 0.6 is 0 Å². The normalized spacial score (nSPS) is 24.2. The van der Waals surface area contributed by atoms with Crippen LogP contribution in [0.1, 0.15) is 19.8 Å². The Hall–Kier alpha value is -1.10. The minimum Gasteiger partial charge on any atom is -0.347 e. The number of carbonyl (C=O) groups excluding carboxylic acids is 2. The molecule has 0 radical (unpaired) electrons. The van der Waals surface area contributed by atoms with Crippen LogP contribution in [-0.4, -0.2) is 62.4 Å². The zero-order chi connectivity index (χ0) is 13.1. The predicted molar refractivity (Wildman–Crippen MR) is 66.5 cm³/mol. The van der Waals surface area contributed by atoms with Crippen LogP contribution < -0.4 is 5.32 Å². The molecule has 1 rings (SSSR count). The quantitative estimate of drug-likeness (QED) is 0.752. The van der Waals surface area contributed by atoms with Crippen LogP contribution in [0, 0.1) is 5.41 Å². The fourth-order valence-corrected chi connectivity index (χ4v) is 2.12. The van der Waals surface area contributed by atoms with Gasteiger partial charge in [-0.1, -0.05) is 0 Å². The SMILES string of the molecule is CN(C)C(=O)CN(C)C(=O)C1(C)CCCNC1. The molecule has 1 atom stereocenters. The van der Waals surface area contributed by atoms with Crippen LogP contribution in [-0.2, 0) is 9.59 Å². The van der Waals surface area contributed by atoms with Crippen molar-refractivity contribution in [1.82, 2.24) is 15.1 Å². The summed E-state index contributed by atoms with van der Waals surface area (Å²) in [5.41, 5.74) is -0.362. The van der Waals surface area contributed by atoms with Crippen LogP contribution in [0.3, 0.4) is 0 Å². The number of hydrogen-bond donors (Lipinski definition) is 1. The first-order valence-electron chi connectivity index (χ1n) is 6.03. The largest absolute Gasteiger partial charge is 0.347 e. The molecule has 0 aromatic heterocycles. The van der Waals surface area contributed by atoms with Crippen LogP contribution in [0.25, 0.3) is 0 Å². The Balaban J connectivity index is 2.59. The van der Waals surface area contributed by atoms with Crippen molar-refractivity contribution in [2.75, 3.05) is 40.8 Å². The van der Waals surface area contributed by atoms with Crippen LogP contribution in [0.2, 0.25) is 0 Å². The molecule has 1 unspecified atom stereocenters. The van der Waals surface area contributed by atoms with Gasteiger partial charge in [-0.3, -0.25) is 9.59 Å². The van der Waals surface area contributed by atoms with Crippen LogP contribution in [0.4, 0.5) is 0 Å². The lowest BCUT2D eigenvalue weighted by atomic mass is 9.81. The van der Waals surface area contributed by atoms with Crippen molar-refractivity contribution in [3.8, 4) is 0 Å². The van der Waals surface area contributed by atoms with Crippen molar-refractivity contribution in [1.29, 1.82) is 0 Å². The molecule has 1 fully saturated rings. The second kappa shape index (κ2) is 5.49. The molecule has 1 N–H and O–H groups in total. The molecule has 2 amide bonds. The van der Waals surface area contributed by atoms with Crippen molar-refractivity contribution in [2.45, 2.75) is 19.8 Å². The lowest BCUT2D eigenvalue weighted by Crippen LogP contribution is -2.51. The van der Waals surface area contributed by atoms with Gasteiger partial charge in [0, 0.05) is 27.7 Å². The average Bonchev–Trinajstić information content (AvgIpc) is 2.28. The molecule has 0 spiro atoms. The summed E-state index contributed by atoms with van der Waals surface area (Å²) in [6, 6.07) is 0. The average molecular weight is 241 g/mol. The van der Waals surface area contributed by atoms with E-state index in [0.29, 0.717) is 6.54 Å². The molecule has 5 heteroatoms. The van der Waals surface area contributed by atoms with Gasteiger partial charge in [0.05, 0.1) is 12.0 Å². The lowest BCUT2D eigenvalue weighted by molar-refractivity contribution is -0.145. The van der Waals surface area contributed by atoms with E-state index in [0.717, 1.165) is 19.4 Å². The Kier molecular flexibility index (Phi) is 4.51. The number of nitrogens with zero attached hydrogens (tertiary/aromatic N) is 2. The number of rotatable bonds is 3. The number of piperidine rings is 1. The fourth-order valence-electron chi connectivity index (χ4n) is 2.12. The molecule has 0 aliphatic carbocycles. The summed E-state index contributed by atoms with van der Waals surface area (Å²) in [6.07, 6.45) is 1.90. The highest BCUT2D eigenvalue weighted by atomic mass is 16.2. The summed E-state index contributed by atoms with van der Waals surface area (Å²) in [7, 11) is 5.10. The number of nitrogens with one attached hydrogen (secondary N) is 1. The van der Waals surface area contributed by atoms with E-state index >= 15 is 0 Å². The maximum absolute atomic E-state index is 12.3. The van der Waals surface area contributed by atoms with Crippen molar-refractivity contribution in [3.05, 3.63) is 0 Å². The van der Waals surface area contributed by atoms with Gasteiger partial charge < -0.3 is 15.1 Å². The van der Waals surface area contributed by atoms with Gasteiger partial charge in [0.25, 0.3) is 0 Å². The highest BCUT2D eigenvalue weighted by Gasteiger charge is 2.37. The summed E-state index contributed by atoms with van der Waals surface area (Å²) in [4.78, 5) is 26.9. The second-order valence-corrected chi connectivity index (χ2v) is 5.29. The molecule has 0 bridgehead atoms. The molecule has 1 aliphatic heterocycles. The molecule has 1 aliphatic rings. The minimum atomic E-state index is -0.362. The lowest BCUT2D eigenvalue weighted by Gasteiger charge is -2.36. The van der Waals surface area contributed by atoms with Gasteiger partial charge in [-0.05, 0) is 26.3 Å². The third kappa shape index (κ3) is 3.43. The van der Waals surface area contributed by atoms with Crippen molar-refractivity contribution < 1.29 is 9.59 Å². The number of hydrogen-bond acceptors (Lipinski definition) is 3. The first-order valence-corrected chi connectivity index (χ1v) is 6.03. The Morgan fingerprint density at radius 3 is 2.41 bits per heavy atom. The van der Waals surface area contributed by atoms with Gasteiger partial charge in [-0.2, -0.15) is 0 Å². The van der Waals surface area contributed by atoms with E-state index in [2.05, 4.69) is 5.32 Å². The van der Waals surface area contributed by atoms with E-state index in [-0.39, 0.29) is 23.8 Å². The van der Waals surface area contributed by atoms with E-state index in [1.54, 1.807) is 21.1 Å². The number of amides is 2. The predicted octanol–water partition coefficient (Wildman–Crippen LogP) is -0.0773. The minimum absolute atomic E-state index is 0.0479. The van der Waals surface area contributed by atoms with Crippen molar-refractivity contribution in [3.63, 3.8) is 0 Å². The topological polar surface area (TPSA) is 52.7 Å². The molecule has 1 heterocycles. The standard InChI is InChI=1S/C12H23N3O2/c1-12(6-5-7-13-9-12)11(17)15(4)8-10(16)14(2)3/h13H,5-9H2,1-4H3. The highest BCUT2D eigenvalue weighted by molar-refractivity contribution is 5.87. The van der Waals surface area contributed by atoms with Crippen LogP contribution in [0.5, 0.6) is 0 Å². The smallest absolute Gasteiger partial charge is 0.241 e. The first-order chi connectivity index (χ1) is 7.87. The summed E-state index contributed by atoms with van der Waals surface area (Å²) in [5, 5.41) is 3.24. The monoisotopic (exact) mass is 241 g/mol. The van der Waals surface area contributed by atoms with Crippen LogP contribution in [0.15, 0.2) is 0 Å². The van der Waals surface area contributed by atoms with Gasteiger partial charge in [-0.25, -0.2) is 0 Å². The molecule has 5 nitrogen and oxygen atoms in total. The fraction of sp³-hybridized carbons (Fsp3) is 0.833. The second-order valence-electron chi connectivity index (χ2n) is 5.29. The van der Waals surface area contributed by atoms with E-state index < -0.39 is 0 Å². The molecular weight excluding hydrogens is 218 g/mol. The Morgan fingerprint density at radius 1 is 1.29 bits per heavy atom. The summed E-state index contributed by atoms with van der Waals surface area (Å²) in [5.74, 6) is 0.00752. The maximum Gasteiger partial charge on any atom is 0.241 e. The van der Waals surface area contributed by atoms with E-state index in [9.17, 15) is 9.59 Å². The van der Waals surface area contributed by atoms with Gasteiger partial charge >= 0.3 is 0 Å². The maximum atomic E-state index is 12.3. The zero-order valence-electron chi connectivity index (χ0n) is 11.2. The van der Waals surface area contributed by atoms with Gasteiger partial charge in [0.2, 0.25) is 11.8 Å². The molecule has 0 aromatic rings. The first kappa shape index (κ1) is 14.0. The van der Waals surface area contributed by atoms with Gasteiger partial charge in [0.15, 0.2) is 0 Å². The number of likely N-dealkylation sites (N-methyl/N-ethyl adjacent to an activating group) is 2. The molecule has 0 aromatic carbocycles. The molecule has 98 valence electrons. The van der Waals surface area contributed by atoms with E-state index in [4.69, 9.17) is 0 Å². The third-order valence-corrected chi connectivity index (χ3v) is 3.33. The van der Waals surface area contributed by atoms with Crippen molar-refractivity contribution in [2.24, 2.45) is 5.41 Å².